The van der Waals surface area contributed by atoms with Crippen LogP contribution in [0.25, 0.3) is 0 Å². The number of hydrogen-bond donors (Lipinski definition) is 2. The Morgan fingerprint density at radius 3 is 2.34 bits per heavy atom. The lowest BCUT2D eigenvalue weighted by atomic mass is 9.55. The van der Waals surface area contributed by atoms with Gasteiger partial charge in [0, 0.05) is 49.8 Å². The third-order valence-electron chi connectivity index (χ3n) is 12.8. The van der Waals surface area contributed by atoms with E-state index < -0.39 is 40.5 Å². The fourth-order valence-electron chi connectivity index (χ4n) is 9.82. The number of aldehydes is 1. The topological polar surface area (TPSA) is 189 Å². The summed E-state index contributed by atoms with van der Waals surface area (Å²) < 4.78 is 45.8. The summed E-state index contributed by atoms with van der Waals surface area (Å²) in [5.41, 5.74) is 3.58. The lowest BCUT2D eigenvalue weighted by molar-refractivity contribution is -0.384. The first-order chi connectivity index (χ1) is 32.6. The Kier molecular flexibility index (Phi) is 16.0. The van der Waals surface area contributed by atoms with E-state index in [0.29, 0.717) is 83.8 Å². The van der Waals surface area contributed by atoms with Gasteiger partial charge in [-0.1, -0.05) is 42.3 Å². The molecule has 0 unspecified atom stereocenters. The number of carbonyl (C=O) groups is 2. The van der Waals surface area contributed by atoms with Crippen LogP contribution in [0.5, 0.6) is 23.0 Å². The largest absolute Gasteiger partial charge is 0.496 e. The zero-order valence-electron chi connectivity index (χ0n) is 37.6. The summed E-state index contributed by atoms with van der Waals surface area (Å²) in [7, 11) is 2.76. The Morgan fingerprint density at radius 1 is 0.970 bits per heavy atom. The average molecular weight is 922 g/mol. The van der Waals surface area contributed by atoms with Crippen LogP contribution < -0.4 is 14.2 Å². The lowest BCUT2D eigenvalue weighted by Gasteiger charge is -2.59. The minimum Gasteiger partial charge on any atom is -0.496 e. The van der Waals surface area contributed by atoms with Crippen molar-refractivity contribution in [2.24, 2.45) is 22.9 Å². The van der Waals surface area contributed by atoms with Crippen LogP contribution >= 0.6 is 0 Å². The first kappa shape index (κ1) is 48.3. The first-order valence-electron chi connectivity index (χ1n) is 22.4. The molecular formula is C51H56FN3O12. The van der Waals surface area contributed by atoms with Gasteiger partial charge in [0.25, 0.3) is 5.69 Å². The van der Waals surface area contributed by atoms with Gasteiger partial charge in [-0.2, -0.15) is 0 Å². The van der Waals surface area contributed by atoms with E-state index in [4.69, 9.17) is 33.7 Å². The summed E-state index contributed by atoms with van der Waals surface area (Å²) in [6, 6.07) is 21.3. The molecule has 0 radical (unpaired) electrons. The molecule has 1 fully saturated rings. The minimum atomic E-state index is -1.62. The summed E-state index contributed by atoms with van der Waals surface area (Å²) in [5.74, 6) is -1.56. The van der Waals surface area contributed by atoms with E-state index in [0.717, 1.165) is 17.6 Å². The molecule has 0 saturated heterocycles. The molecule has 3 aliphatic rings. The fourth-order valence-corrected chi connectivity index (χ4v) is 9.82. The molecular weight excluding hydrogens is 866 g/mol. The number of rotatable bonds is 22. The number of carbonyl (C=O) groups excluding carboxylic acids is 2. The highest BCUT2D eigenvalue weighted by molar-refractivity contribution is 6.03. The Balaban J connectivity index is 1.44. The molecule has 2 aliphatic carbocycles. The molecule has 0 spiro atoms. The van der Waals surface area contributed by atoms with Crippen LogP contribution in [0.3, 0.4) is 0 Å². The van der Waals surface area contributed by atoms with E-state index in [1.807, 2.05) is 12.1 Å². The predicted molar refractivity (Wildman–Crippen MR) is 246 cm³/mol. The number of non-ortho nitro benzene ring substituents is 1. The molecule has 16 heteroatoms. The first-order valence-corrected chi connectivity index (χ1v) is 22.4. The van der Waals surface area contributed by atoms with Crippen LogP contribution in [0.2, 0.25) is 0 Å². The number of amides is 1. The van der Waals surface area contributed by atoms with Gasteiger partial charge < -0.3 is 38.7 Å². The number of methoxy groups -OCH3 is 2. The van der Waals surface area contributed by atoms with Crippen molar-refractivity contribution in [3.05, 3.63) is 147 Å². The van der Waals surface area contributed by atoms with Gasteiger partial charge in [0.15, 0.2) is 6.29 Å². The van der Waals surface area contributed by atoms with Crippen molar-refractivity contribution in [1.29, 1.82) is 0 Å². The van der Waals surface area contributed by atoms with E-state index in [-0.39, 0.29) is 56.9 Å². The molecule has 4 aromatic rings. The zero-order valence-corrected chi connectivity index (χ0v) is 37.6. The number of fused-ring (bicyclic) bond motifs is 2. The summed E-state index contributed by atoms with van der Waals surface area (Å²) in [4.78, 5) is 44.8. The Morgan fingerprint density at radius 2 is 1.67 bits per heavy atom. The van der Waals surface area contributed by atoms with Crippen LogP contribution in [0.1, 0.15) is 77.9 Å². The molecule has 4 aromatic carbocycles. The Hall–Kier alpha value is -6.62. The Bertz CT molecular complexity index is 2440. The standard InChI is InChI=1S/C51H56FN3O12/c1-4-25-64-51-47(54(50(59)63-3)30-33-11-15-37(52)16-12-33)29-44(53-65-32-34-13-17-38(18-14-34)55(60)61)42-27-35(9-5-7-23-56)41(10-6-8-24-57)48(49(42)51)43-28-40(20-22-46(43)67-51)66-39-19-21-45(62-2)36(26-39)31-58/h4,11-22,26-28,31,35,41,47-49,56-57H,1,5-10,23-25,29-30,32H2,2-3H3/t35-,41+,47-,48+,49+,51+/m0/s1. The highest BCUT2D eigenvalue weighted by Gasteiger charge is 2.65. The van der Waals surface area contributed by atoms with Crippen molar-refractivity contribution in [2.45, 2.75) is 75.8 Å². The number of nitro groups is 1. The van der Waals surface area contributed by atoms with Gasteiger partial charge in [0.05, 0.1) is 42.9 Å². The maximum Gasteiger partial charge on any atom is 0.410 e. The smallest absolute Gasteiger partial charge is 0.410 e. The molecule has 0 aromatic heterocycles. The van der Waals surface area contributed by atoms with E-state index in [9.17, 15) is 34.3 Å². The molecule has 1 amide bonds. The SMILES string of the molecule is C=CCO[C@@]12Oc3ccc(Oc4ccc(OC)c(C=O)c4)cc3[C@H]3[C@H](CCCCO)[C@@H](CCCCO)C=C(C(=NOCc4ccc([N+](=O)[O-])cc4)C[C@@H]1N(Cc1ccc(F)cc1)C(=O)OC)[C@H]32. The second-order valence-corrected chi connectivity index (χ2v) is 16.8. The number of benzene rings is 4. The molecule has 2 N–H and O–H groups in total. The number of hydrogen-bond acceptors (Lipinski definition) is 13. The lowest BCUT2D eigenvalue weighted by Crippen LogP contribution is -2.70. The van der Waals surface area contributed by atoms with Crippen molar-refractivity contribution < 1.29 is 57.6 Å². The number of aliphatic hydroxyl groups excluding tert-OH is 2. The number of halogens is 1. The van der Waals surface area contributed by atoms with Gasteiger partial charge in [0.1, 0.15) is 41.5 Å². The predicted octanol–water partition coefficient (Wildman–Crippen LogP) is 9.45. The van der Waals surface area contributed by atoms with Crippen molar-refractivity contribution in [2.75, 3.05) is 34.0 Å². The summed E-state index contributed by atoms with van der Waals surface area (Å²) in [6.45, 7) is 3.98. The second kappa shape index (κ2) is 22.2. The highest BCUT2D eigenvalue weighted by atomic mass is 19.1. The quantitative estimate of drug-likeness (QED) is 0.0250. The molecule has 354 valence electrons. The number of unbranched alkanes of at least 4 members (excludes halogenated alkanes) is 2. The van der Waals surface area contributed by atoms with E-state index in [1.165, 1.54) is 43.4 Å². The number of nitro benzene ring substituents is 1. The number of allylic oxidation sites excluding steroid dienone is 1. The molecule has 6 atom stereocenters. The van der Waals surface area contributed by atoms with Crippen molar-refractivity contribution in [3.8, 4) is 23.0 Å². The van der Waals surface area contributed by atoms with Crippen LogP contribution in [-0.2, 0) is 27.5 Å². The second-order valence-electron chi connectivity index (χ2n) is 16.8. The van der Waals surface area contributed by atoms with Gasteiger partial charge in [-0.3, -0.25) is 19.8 Å². The summed E-state index contributed by atoms with van der Waals surface area (Å²) >= 11 is 0. The van der Waals surface area contributed by atoms with Crippen molar-refractivity contribution >= 4 is 23.8 Å². The maximum absolute atomic E-state index is 14.3. The fraction of sp³-hybridized carbons (Fsp3) is 0.392. The zero-order chi connectivity index (χ0) is 47.5. The number of aliphatic hydroxyl groups is 2. The normalized spacial score (nSPS) is 22.0. The monoisotopic (exact) mass is 921 g/mol. The average Bonchev–Trinajstić information content (AvgIpc) is 3.34. The minimum absolute atomic E-state index is 0.00818. The molecule has 7 rings (SSSR count). The highest BCUT2D eigenvalue weighted by Crippen LogP contribution is 2.62. The van der Waals surface area contributed by atoms with Crippen molar-refractivity contribution in [1.82, 2.24) is 4.90 Å². The van der Waals surface area contributed by atoms with Gasteiger partial charge in [0.2, 0.25) is 5.79 Å². The molecule has 1 heterocycles. The van der Waals surface area contributed by atoms with Crippen LogP contribution in [0.15, 0.2) is 114 Å². The van der Waals surface area contributed by atoms with E-state index in [1.54, 1.807) is 54.6 Å². The number of ether oxygens (including phenoxy) is 5. The number of oxime groups is 1. The molecule has 0 bridgehead atoms. The third-order valence-corrected chi connectivity index (χ3v) is 12.8. The van der Waals surface area contributed by atoms with Gasteiger partial charge in [-0.05, 0) is 115 Å². The van der Waals surface area contributed by atoms with Crippen LogP contribution in [0.4, 0.5) is 14.9 Å². The number of nitrogens with zero attached hydrogens (tertiary/aromatic N) is 3. The van der Waals surface area contributed by atoms with Crippen LogP contribution in [-0.4, -0.2) is 84.0 Å². The third kappa shape index (κ3) is 10.7. The molecule has 15 nitrogen and oxygen atoms in total. The Labute approximate surface area is 388 Å². The summed E-state index contributed by atoms with van der Waals surface area (Å²) in [6.07, 6.45) is 7.82. The van der Waals surface area contributed by atoms with E-state index >= 15 is 0 Å². The molecule has 1 aliphatic heterocycles. The van der Waals surface area contributed by atoms with E-state index in [2.05, 4.69) is 12.7 Å². The summed E-state index contributed by atoms with van der Waals surface area (Å²) in [5, 5.41) is 36.1. The molecule has 1 saturated carbocycles. The van der Waals surface area contributed by atoms with Crippen LogP contribution in [0, 0.1) is 33.7 Å². The maximum atomic E-state index is 14.3. The molecule has 67 heavy (non-hydrogen) atoms. The van der Waals surface area contributed by atoms with Gasteiger partial charge in [-0.25, -0.2) is 9.18 Å². The van der Waals surface area contributed by atoms with Gasteiger partial charge >= 0.3 is 6.09 Å². The van der Waals surface area contributed by atoms with Crippen molar-refractivity contribution in [3.63, 3.8) is 0 Å². The van der Waals surface area contributed by atoms with Gasteiger partial charge in [-0.15, -0.1) is 6.58 Å².